The summed E-state index contributed by atoms with van der Waals surface area (Å²) in [5.74, 6) is -0.118. The maximum Gasteiger partial charge on any atom is 0.243 e. The lowest BCUT2D eigenvalue weighted by Crippen LogP contribution is -2.37. The zero-order chi connectivity index (χ0) is 10.9. The van der Waals surface area contributed by atoms with Crippen molar-refractivity contribution in [2.45, 2.75) is 43.1 Å². The lowest BCUT2D eigenvalue weighted by molar-refractivity contribution is -0.140. The van der Waals surface area contributed by atoms with Crippen LogP contribution in [0.3, 0.4) is 0 Å². The smallest absolute Gasteiger partial charge is 0.243 e. The first-order valence-electron chi connectivity index (χ1n) is 4.63. The van der Waals surface area contributed by atoms with Crippen molar-refractivity contribution >= 4 is 36.2 Å². The summed E-state index contributed by atoms with van der Waals surface area (Å²) < 4.78 is 0.0869. The molecule has 80 valence electrons. The number of likely N-dealkylation sites (tertiary alicyclic amines) is 1. The van der Waals surface area contributed by atoms with Gasteiger partial charge in [0, 0.05) is 17.0 Å². The summed E-state index contributed by atoms with van der Waals surface area (Å²) in [5.41, 5.74) is 0. The van der Waals surface area contributed by atoms with Crippen LogP contribution in [0.4, 0.5) is 0 Å². The Hall–Kier alpha value is -0.160. The normalized spacial score (nSPS) is 24.9. The van der Waals surface area contributed by atoms with Crippen molar-refractivity contribution < 1.29 is 9.59 Å². The highest BCUT2D eigenvalue weighted by atomic mass is 32.2. The van der Waals surface area contributed by atoms with Crippen LogP contribution in [0.1, 0.15) is 27.2 Å². The summed E-state index contributed by atoms with van der Waals surface area (Å²) in [6.45, 7) is 5.61. The Morgan fingerprint density at radius 2 is 2.00 bits per heavy atom. The molecule has 1 saturated heterocycles. The largest absolute Gasteiger partial charge is 0.279 e. The van der Waals surface area contributed by atoms with Gasteiger partial charge in [-0.3, -0.25) is 14.5 Å². The fraction of sp³-hybridized carbons (Fsp3) is 0.778. The predicted octanol–water partition coefficient (Wildman–Crippen LogP) is 1.53. The average Bonchev–Trinajstić information content (AvgIpc) is 2.25. The molecule has 0 radical (unpaired) electrons. The SMILES string of the molecule is CC(S)SC1CC(=O)N(C(C)C)C1=O. The van der Waals surface area contributed by atoms with Gasteiger partial charge in [0.2, 0.25) is 11.8 Å². The Bertz CT molecular complexity index is 253. The second kappa shape index (κ2) is 4.57. The van der Waals surface area contributed by atoms with Gasteiger partial charge in [0.05, 0.1) is 5.25 Å². The van der Waals surface area contributed by atoms with Crippen molar-refractivity contribution in [1.82, 2.24) is 4.90 Å². The molecule has 0 spiro atoms. The molecule has 3 nitrogen and oxygen atoms in total. The highest BCUT2D eigenvalue weighted by Gasteiger charge is 2.40. The molecule has 0 N–H and O–H groups in total. The van der Waals surface area contributed by atoms with Gasteiger partial charge in [-0.25, -0.2) is 0 Å². The second-order valence-electron chi connectivity index (χ2n) is 3.62. The van der Waals surface area contributed by atoms with Crippen molar-refractivity contribution in [3.05, 3.63) is 0 Å². The molecular weight excluding hydrogens is 218 g/mol. The number of thiol groups is 1. The second-order valence-corrected chi connectivity index (χ2v) is 6.30. The Morgan fingerprint density at radius 3 is 2.36 bits per heavy atom. The number of rotatable bonds is 3. The fourth-order valence-electron chi connectivity index (χ4n) is 1.51. The molecule has 2 atom stereocenters. The van der Waals surface area contributed by atoms with Crippen LogP contribution in [0.15, 0.2) is 0 Å². The highest BCUT2D eigenvalue weighted by Crippen LogP contribution is 2.30. The van der Waals surface area contributed by atoms with Gasteiger partial charge in [-0.15, -0.1) is 11.8 Å². The molecule has 14 heavy (non-hydrogen) atoms. The van der Waals surface area contributed by atoms with Crippen LogP contribution in [0.25, 0.3) is 0 Å². The zero-order valence-electron chi connectivity index (χ0n) is 8.56. The van der Waals surface area contributed by atoms with E-state index in [9.17, 15) is 9.59 Å². The van der Waals surface area contributed by atoms with E-state index >= 15 is 0 Å². The minimum atomic E-state index is -0.225. The van der Waals surface area contributed by atoms with Crippen LogP contribution in [0.5, 0.6) is 0 Å². The monoisotopic (exact) mass is 233 g/mol. The van der Waals surface area contributed by atoms with E-state index in [2.05, 4.69) is 12.6 Å². The molecule has 0 saturated carbocycles. The summed E-state index contributed by atoms with van der Waals surface area (Å²) >= 11 is 5.65. The molecule has 1 fully saturated rings. The quantitative estimate of drug-likeness (QED) is 0.456. The van der Waals surface area contributed by atoms with E-state index < -0.39 is 0 Å². The maximum absolute atomic E-state index is 11.7. The molecule has 0 aromatic heterocycles. The standard InChI is InChI=1S/C9H15NO2S2/c1-5(2)10-8(11)4-7(9(10)12)14-6(3)13/h5-7,13H,4H2,1-3H3. The topological polar surface area (TPSA) is 37.4 Å². The molecule has 1 rings (SSSR count). The van der Waals surface area contributed by atoms with Crippen molar-refractivity contribution in [2.75, 3.05) is 0 Å². The molecule has 1 aliphatic heterocycles. The molecule has 1 heterocycles. The van der Waals surface area contributed by atoms with Crippen molar-refractivity contribution in [2.24, 2.45) is 0 Å². The van der Waals surface area contributed by atoms with E-state index in [1.54, 1.807) is 0 Å². The van der Waals surface area contributed by atoms with Gasteiger partial charge >= 0.3 is 0 Å². The summed E-state index contributed by atoms with van der Waals surface area (Å²) in [7, 11) is 0. The Labute approximate surface area is 94.0 Å². The number of amides is 2. The van der Waals surface area contributed by atoms with Crippen LogP contribution >= 0.6 is 24.4 Å². The molecule has 0 aliphatic carbocycles. The summed E-state index contributed by atoms with van der Waals surface area (Å²) in [6.07, 6.45) is 0.326. The van der Waals surface area contributed by atoms with Crippen molar-refractivity contribution in [3.8, 4) is 0 Å². The summed E-state index contributed by atoms with van der Waals surface area (Å²) in [5, 5.41) is -0.225. The number of hydrogen-bond donors (Lipinski definition) is 1. The molecule has 2 amide bonds. The van der Waals surface area contributed by atoms with Crippen LogP contribution < -0.4 is 0 Å². The third-order valence-corrected chi connectivity index (χ3v) is 3.48. The molecule has 5 heteroatoms. The molecule has 1 aliphatic rings. The van der Waals surface area contributed by atoms with E-state index in [4.69, 9.17) is 0 Å². The van der Waals surface area contributed by atoms with Gasteiger partial charge in [0.25, 0.3) is 0 Å². The number of carbonyl (C=O) groups excluding carboxylic acids is 2. The summed E-state index contributed by atoms with van der Waals surface area (Å²) in [4.78, 5) is 24.6. The molecule has 0 aromatic rings. The van der Waals surface area contributed by atoms with E-state index in [1.165, 1.54) is 16.7 Å². The number of imide groups is 1. The fourth-order valence-corrected chi connectivity index (χ4v) is 2.89. The van der Waals surface area contributed by atoms with E-state index in [-0.39, 0.29) is 27.7 Å². The van der Waals surface area contributed by atoms with Crippen LogP contribution in [-0.2, 0) is 9.59 Å². The molecule has 0 aromatic carbocycles. The zero-order valence-corrected chi connectivity index (χ0v) is 10.3. The van der Waals surface area contributed by atoms with Gasteiger partial charge in [-0.1, -0.05) is 0 Å². The minimum Gasteiger partial charge on any atom is -0.279 e. The van der Waals surface area contributed by atoms with Crippen LogP contribution in [0, 0.1) is 0 Å². The average molecular weight is 233 g/mol. The van der Waals surface area contributed by atoms with Crippen LogP contribution in [0.2, 0.25) is 0 Å². The first kappa shape index (κ1) is 11.9. The van der Waals surface area contributed by atoms with Gasteiger partial charge in [0.1, 0.15) is 0 Å². The van der Waals surface area contributed by atoms with Gasteiger partial charge in [-0.2, -0.15) is 12.6 Å². The Kier molecular flexibility index (Phi) is 3.89. The van der Waals surface area contributed by atoms with E-state index in [0.717, 1.165) is 0 Å². The molecular formula is C9H15NO2S2. The first-order chi connectivity index (χ1) is 6.43. The number of nitrogens with zero attached hydrogens (tertiary/aromatic N) is 1. The Balaban J connectivity index is 2.69. The molecule has 2 unspecified atom stereocenters. The number of hydrogen-bond acceptors (Lipinski definition) is 4. The lowest BCUT2D eigenvalue weighted by Gasteiger charge is -2.19. The third kappa shape index (κ3) is 2.45. The highest BCUT2D eigenvalue weighted by molar-refractivity contribution is 8.11. The Morgan fingerprint density at radius 1 is 1.43 bits per heavy atom. The van der Waals surface area contributed by atoms with E-state index in [1.807, 2.05) is 20.8 Å². The predicted molar refractivity (Wildman–Crippen MR) is 61.4 cm³/mol. The number of carbonyl (C=O) groups is 2. The first-order valence-corrected chi connectivity index (χ1v) is 6.08. The third-order valence-electron chi connectivity index (χ3n) is 2.02. The lowest BCUT2D eigenvalue weighted by atomic mass is 10.3. The van der Waals surface area contributed by atoms with Crippen molar-refractivity contribution in [1.29, 1.82) is 0 Å². The van der Waals surface area contributed by atoms with Gasteiger partial charge in [0.15, 0.2) is 0 Å². The molecule has 0 bridgehead atoms. The maximum atomic E-state index is 11.7. The minimum absolute atomic E-state index is 0.0316. The van der Waals surface area contributed by atoms with E-state index in [0.29, 0.717) is 6.42 Å². The van der Waals surface area contributed by atoms with Crippen LogP contribution in [-0.4, -0.2) is 32.6 Å². The number of thioether (sulfide) groups is 1. The summed E-state index contributed by atoms with van der Waals surface area (Å²) in [6, 6.07) is -0.0316. The van der Waals surface area contributed by atoms with Crippen molar-refractivity contribution in [3.63, 3.8) is 0 Å². The van der Waals surface area contributed by atoms with Gasteiger partial charge < -0.3 is 0 Å². The van der Waals surface area contributed by atoms with Gasteiger partial charge in [-0.05, 0) is 20.8 Å².